The summed E-state index contributed by atoms with van der Waals surface area (Å²) in [6.45, 7) is 9.55. The second-order valence-electron chi connectivity index (χ2n) is 7.07. The maximum absolute atomic E-state index is 14.0. The maximum atomic E-state index is 14.0. The summed E-state index contributed by atoms with van der Waals surface area (Å²) in [5.74, 6) is -9.50. The molecule has 9 heteroatoms. The van der Waals surface area contributed by atoms with E-state index in [4.69, 9.17) is 9.47 Å². The summed E-state index contributed by atoms with van der Waals surface area (Å²) in [6.07, 6.45) is -4.17. The van der Waals surface area contributed by atoms with Crippen molar-refractivity contribution in [3.63, 3.8) is 0 Å². The fourth-order valence-electron chi connectivity index (χ4n) is 2.31. The van der Waals surface area contributed by atoms with Gasteiger partial charge in [-0.25, -0.2) is 4.79 Å². The lowest BCUT2D eigenvalue weighted by Crippen LogP contribution is -2.60. The summed E-state index contributed by atoms with van der Waals surface area (Å²) in [7, 11) is 0. The average molecular weight is 357 g/mol. The third-order valence-electron chi connectivity index (χ3n) is 3.55. The smallest absolute Gasteiger partial charge is 0.412 e. The van der Waals surface area contributed by atoms with Crippen LogP contribution in [0.1, 0.15) is 34.6 Å². The van der Waals surface area contributed by atoms with E-state index in [0.29, 0.717) is 0 Å². The summed E-state index contributed by atoms with van der Waals surface area (Å²) < 4.78 is 65.1. The van der Waals surface area contributed by atoms with Gasteiger partial charge in [0.1, 0.15) is 17.4 Å². The molecule has 1 saturated heterocycles. The number of allylic oxidation sites excluding steroid dienone is 1. The number of hydrogen-bond donors (Lipinski definition) is 1. The van der Waals surface area contributed by atoms with E-state index in [1.54, 1.807) is 20.8 Å². The molecule has 0 aromatic rings. The van der Waals surface area contributed by atoms with E-state index in [-0.39, 0.29) is 6.08 Å². The van der Waals surface area contributed by atoms with Crippen molar-refractivity contribution in [2.75, 3.05) is 6.61 Å². The molecule has 0 saturated carbocycles. The minimum Gasteiger partial charge on any atom is -0.444 e. The molecule has 1 aliphatic rings. The van der Waals surface area contributed by atoms with Crippen molar-refractivity contribution < 1.29 is 36.9 Å². The largest absolute Gasteiger partial charge is 0.444 e. The maximum Gasteiger partial charge on any atom is 0.412 e. The van der Waals surface area contributed by atoms with Gasteiger partial charge < -0.3 is 14.6 Å². The molecule has 1 aliphatic heterocycles. The Bertz CT molecular complexity index is 502. The first kappa shape index (κ1) is 20.7. The zero-order valence-corrected chi connectivity index (χ0v) is 14.3. The zero-order chi connectivity index (χ0) is 19.1. The Morgan fingerprint density at radius 2 is 1.88 bits per heavy atom. The summed E-state index contributed by atoms with van der Waals surface area (Å²) in [6, 6.07) is -1.71. The highest BCUT2D eigenvalue weighted by atomic mass is 19.3. The summed E-state index contributed by atoms with van der Waals surface area (Å²) in [5.41, 5.74) is -2.35. The topological polar surface area (TPSA) is 59.0 Å². The lowest BCUT2D eigenvalue weighted by Gasteiger charge is -2.39. The molecule has 24 heavy (non-hydrogen) atoms. The first-order chi connectivity index (χ1) is 10.6. The van der Waals surface area contributed by atoms with Gasteiger partial charge in [0.2, 0.25) is 0 Å². The van der Waals surface area contributed by atoms with Gasteiger partial charge in [0.25, 0.3) is 0 Å². The Morgan fingerprint density at radius 1 is 1.38 bits per heavy atom. The van der Waals surface area contributed by atoms with E-state index in [2.05, 4.69) is 6.58 Å². The van der Waals surface area contributed by atoms with Crippen LogP contribution in [0.5, 0.6) is 0 Å². The third kappa shape index (κ3) is 3.83. The number of amides is 1. The zero-order valence-electron chi connectivity index (χ0n) is 14.3. The number of carbonyl (C=O) groups is 1. The molecule has 1 heterocycles. The molecule has 0 spiro atoms. The predicted octanol–water partition coefficient (Wildman–Crippen LogP) is 3.18. The Labute approximate surface area is 138 Å². The molecular weight excluding hydrogens is 334 g/mol. The highest BCUT2D eigenvalue weighted by molar-refractivity contribution is 5.70. The average Bonchev–Trinajstić information content (AvgIpc) is 2.71. The number of rotatable bonds is 4. The summed E-state index contributed by atoms with van der Waals surface area (Å²) in [5, 5.41) is 9.89. The van der Waals surface area contributed by atoms with Gasteiger partial charge in [-0.1, -0.05) is 6.58 Å². The molecule has 1 amide bonds. The SMILES string of the molecule is C=CC(F)(F)C(F)(F)[C@@H](O)[C@@H]1COC(C)(C)N1C(=O)OC(C)(C)C. The van der Waals surface area contributed by atoms with Crippen LogP contribution in [0.25, 0.3) is 0 Å². The van der Waals surface area contributed by atoms with E-state index in [9.17, 15) is 27.5 Å². The lowest BCUT2D eigenvalue weighted by atomic mass is 9.98. The second kappa shape index (κ2) is 6.18. The van der Waals surface area contributed by atoms with Gasteiger partial charge in [-0.15, -0.1) is 0 Å². The van der Waals surface area contributed by atoms with Crippen LogP contribution in [0, 0.1) is 0 Å². The molecule has 1 rings (SSSR count). The number of aliphatic hydroxyl groups is 1. The van der Waals surface area contributed by atoms with Gasteiger partial charge in [-0.3, -0.25) is 4.90 Å². The van der Waals surface area contributed by atoms with Crippen molar-refractivity contribution in [1.29, 1.82) is 0 Å². The van der Waals surface area contributed by atoms with Crippen molar-refractivity contribution >= 4 is 6.09 Å². The van der Waals surface area contributed by atoms with Gasteiger partial charge >= 0.3 is 17.9 Å². The predicted molar refractivity (Wildman–Crippen MR) is 78.0 cm³/mol. The van der Waals surface area contributed by atoms with Crippen LogP contribution < -0.4 is 0 Å². The molecule has 0 aliphatic carbocycles. The first-order valence-corrected chi connectivity index (χ1v) is 7.30. The number of aliphatic hydroxyl groups excluding tert-OH is 1. The molecular formula is C15H23F4NO4. The van der Waals surface area contributed by atoms with Crippen LogP contribution in [0.4, 0.5) is 22.4 Å². The van der Waals surface area contributed by atoms with Crippen LogP contribution in [-0.4, -0.2) is 58.0 Å². The van der Waals surface area contributed by atoms with Gasteiger partial charge in [0.15, 0.2) is 0 Å². The highest BCUT2D eigenvalue weighted by Gasteiger charge is 2.64. The Hall–Kier alpha value is -1.35. The van der Waals surface area contributed by atoms with E-state index in [0.717, 1.165) is 4.90 Å². The monoisotopic (exact) mass is 357 g/mol. The summed E-state index contributed by atoms with van der Waals surface area (Å²) >= 11 is 0. The fraction of sp³-hybridized carbons (Fsp3) is 0.800. The van der Waals surface area contributed by atoms with Crippen molar-refractivity contribution in [2.45, 2.75) is 69.9 Å². The van der Waals surface area contributed by atoms with Crippen molar-refractivity contribution in [3.8, 4) is 0 Å². The normalized spacial score (nSPS) is 23.1. The number of nitrogens with zero attached hydrogens (tertiary/aromatic N) is 1. The molecule has 0 aromatic heterocycles. The third-order valence-corrected chi connectivity index (χ3v) is 3.55. The number of carbonyl (C=O) groups excluding carboxylic acids is 1. The highest BCUT2D eigenvalue weighted by Crippen LogP contribution is 2.42. The number of alkyl halides is 4. The van der Waals surface area contributed by atoms with E-state index in [1.807, 2.05) is 0 Å². The molecule has 5 nitrogen and oxygen atoms in total. The Kier molecular flexibility index (Phi) is 5.33. The van der Waals surface area contributed by atoms with Gasteiger partial charge in [0, 0.05) is 0 Å². The minimum atomic E-state index is -4.84. The second-order valence-corrected chi connectivity index (χ2v) is 7.07. The molecule has 0 unspecified atom stereocenters. The standard InChI is InChI=1S/C15H23F4NO4/c1-7-14(16,17)15(18,19)10(21)9-8-23-13(5,6)20(9)11(22)24-12(2,3)4/h7,9-10,21H,1,8H2,2-6H3/t9-,10-/m0/s1. The molecule has 0 bridgehead atoms. The summed E-state index contributed by atoms with van der Waals surface area (Å²) in [4.78, 5) is 13.0. The molecule has 1 N–H and O–H groups in total. The lowest BCUT2D eigenvalue weighted by molar-refractivity contribution is -0.240. The fourth-order valence-corrected chi connectivity index (χ4v) is 2.31. The Balaban J connectivity index is 3.17. The first-order valence-electron chi connectivity index (χ1n) is 7.30. The van der Waals surface area contributed by atoms with Crippen molar-refractivity contribution in [1.82, 2.24) is 4.90 Å². The van der Waals surface area contributed by atoms with Crippen LogP contribution in [0.3, 0.4) is 0 Å². The minimum absolute atomic E-state index is 0.241. The van der Waals surface area contributed by atoms with E-state index >= 15 is 0 Å². The quantitative estimate of drug-likeness (QED) is 0.620. The van der Waals surface area contributed by atoms with E-state index < -0.39 is 48.0 Å². The number of hydrogen-bond acceptors (Lipinski definition) is 4. The molecule has 140 valence electrons. The number of ether oxygens (including phenoxy) is 2. The van der Waals surface area contributed by atoms with Gasteiger partial charge in [0.05, 0.1) is 12.6 Å². The van der Waals surface area contributed by atoms with Gasteiger partial charge in [-0.2, -0.15) is 17.6 Å². The van der Waals surface area contributed by atoms with Gasteiger partial charge in [-0.05, 0) is 40.7 Å². The van der Waals surface area contributed by atoms with Crippen molar-refractivity contribution in [3.05, 3.63) is 12.7 Å². The van der Waals surface area contributed by atoms with Crippen LogP contribution in [0.15, 0.2) is 12.7 Å². The molecule has 1 fully saturated rings. The Morgan fingerprint density at radius 3 is 2.29 bits per heavy atom. The molecule has 0 radical (unpaired) electrons. The number of halogens is 4. The van der Waals surface area contributed by atoms with Crippen LogP contribution in [0.2, 0.25) is 0 Å². The van der Waals surface area contributed by atoms with Crippen LogP contribution >= 0.6 is 0 Å². The van der Waals surface area contributed by atoms with Crippen LogP contribution in [-0.2, 0) is 9.47 Å². The van der Waals surface area contributed by atoms with Crippen molar-refractivity contribution in [2.24, 2.45) is 0 Å². The van der Waals surface area contributed by atoms with E-state index in [1.165, 1.54) is 13.8 Å². The molecule has 2 atom stereocenters. The molecule has 0 aromatic carbocycles.